The minimum absolute atomic E-state index is 0.0703. The van der Waals surface area contributed by atoms with Crippen molar-refractivity contribution in [1.29, 1.82) is 0 Å². The Hall–Kier alpha value is -2.89. The van der Waals surface area contributed by atoms with Gasteiger partial charge in [-0.1, -0.05) is 345 Å². The Balaban J connectivity index is 4.32. The highest BCUT2D eigenvalue weighted by Gasteiger charge is 2.19. The highest BCUT2D eigenvalue weighted by Crippen LogP contribution is 2.18. The Bertz CT molecular complexity index is 1460. The van der Waals surface area contributed by atoms with E-state index in [9.17, 15) is 14.4 Å². The van der Waals surface area contributed by atoms with Gasteiger partial charge in [-0.25, -0.2) is 0 Å². The normalized spacial score (nSPS) is 12.4. The molecule has 1 unspecified atom stereocenters. The molecule has 0 aliphatic heterocycles. The summed E-state index contributed by atoms with van der Waals surface area (Å²) in [4.78, 5) is 38.5. The van der Waals surface area contributed by atoms with E-state index in [0.29, 0.717) is 19.3 Å². The molecule has 0 amide bonds. The van der Waals surface area contributed by atoms with Gasteiger partial charge in [0, 0.05) is 19.3 Å². The van der Waals surface area contributed by atoms with Gasteiger partial charge < -0.3 is 14.2 Å². The molecule has 0 N–H and O–H groups in total. The van der Waals surface area contributed by atoms with Crippen molar-refractivity contribution >= 4 is 17.9 Å². The molecular formula is C76H138O6. The van der Waals surface area contributed by atoms with Gasteiger partial charge in [0.2, 0.25) is 0 Å². The average molecular weight is 1150 g/mol. The lowest BCUT2D eigenvalue weighted by molar-refractivity contribution is -0.167. The summed E-state index contributed by atoms with van der Waals surface area (Å²) in [7, 11) is 0. The smallest absolute Gasteiger partial charge is 0.306 e. The van der Waals surface area contributed by atoms with Crippen molar-refractivity contribution in [2.45, 2.75) is 393 Å². The number of hydrogen-bond acceptors (Lipinski definition) is 6. The van der Waals surface area contributed by atoms with E-state index in [2.05, 4.69) is 81.5 Å². The summed E-state index contributed by atoms with van der Waals surface area (Å²) < 4.78 is 17.0. The molecular weight excluding hydrogens is 1010 g/mol. The molecule has 0 aromatic carbocycles. The molecule has 0 fully saturated rings. The zero-order valence-electron chi connectivity index (χ0n) is 55.0. The van der Waals surface area contributed by atoms with Crippen LogP contribution >= 0.6 is 0 Å². The van der Waals surface area contributed by atoms with Gasteiger partial charge in [-0.05, 0) is 83.5 Å². The van der Waals surface area contributed by atoms with Crippen LogP contribution in [0.4, 0.5) is 0 Å². The summed E-state index contributed by atoms with van der Waals surface area (Å²) in [5.74, 6) is -0.846. The topological polar surface area (TPSA) is 78.9 Å². The van der Waals surface area contributed by atoms with Gasteiger partial charge in [0.25, 0.3) is 0 Å². The van der Waals surface area contributed by atoms with E-state index in [-0.39, 0.29) is 31.1 Å². The van der Waals surface area contributed by atoms with Gasteiger partial charge >= 0.3 is 17.9 Å². The first-order chi connectivity index (χ1) is 40.5. The fourth-order valence-corrected chi connectivity index (χ4v) is 10.8. The van der Waals surface area contributed by atoms with Crippen molar-refractivity contribution in [2.75, 3.05) is 13.2 Å². The lowest BCUT2D eigenvalue weighted by Gasteiger charge is -2.18. The Labute approximate surface area is 510 Å². The summed E-state index contributed by atoms with van der Waals surface area (Å²) in [6.45, 7) is 6.60. The van der Waals surface area contributed by atoms with Crippen molar-refractivity contribution in [3.05, 3.63) is 60.8 Å². The molecule has 82 heavy (non-hydrogen) atoms. The molecule has 0 aliphatic carbocycles. The molecule has 0 heterocycles. The largest absolute Gasteiger partial charge is 0.462 e. The van der Waals surface area contributed by atoms with E-state index in [1.54, 1.807) is 0 Å². The van der Waals surface area contributed by atoms with E-state index in [1.807, 2.05) is 0 Å². The van der Waals surface area contributed by atoms with Gasteiger partial charge in [-0.2, -0.15) is 0 Å². The first kappa shape index (κ1) is 79.1. The monoisotopic (exact) mass is 1150 g/mol. The molecule has 0 bridgehead atoms. The Morgan fingerprint density at radius 3 is 0.756 bits per heavy atom. The number of allylic oxidation sites excluding steroid dienone is 10. The first-order valence-electron chi connectivity index (χ1n) is 36.3. The molecule has 0 saturated heterocycles. The summed E-state index contributed by atoms with van der Waals surface area (Å²) in [5.41, 5.74) is 0. The van der Waals surface area contributed by atoms with E-state index >= 15 is 0 Å². The maximum atomic E-state index is 13.0. The molecule has 1 atom stereocenters. The van der Waals surface area contributed by atoms with Crippen LogP contribution in [0.5, 0.6) is 0 Å². The van der Waals surface area contributed by atoms with Crippen LogP contribution in [-0.4, -0.2) is 37.2 Å². The predicted octanol–water partition coefficient (Wildman–Crippen LogP) is 25.1. The Morgan fingerprint density at radius 1 is 0.256 bits per heavy atom. The SMILES string of the molecule is CC/C=C\C/C=C\C/C=C\C/C=C\CCCCCCCCCCCCCCC(=O)OCC(COC(=O)CCCCCCCCCCCCCCCCCCCC)OC(=O)CCCCCCCCCCC/C=C\CCCCCCCCCC. The molecule has 6 heteroatoms. The molecule has 0 aliphatic rings. The van der Waals surface area contributed by atoms with Crippen LogP contribution in [0, 0.1) is 0 Å². The van der Waals surface area contributed by atoms with E-state index < -0.39 is 6.10 Å². The van der Waals surface area contributed by atoms with Crippen LogP contribution in [0.1, 0.15) is 387 Å². The van der Waals surface area contributed by atoms with Crippen LogP contribution in [0.2, 0.25) is 0 Å². The quantitative estimate of drug-likeness (QED) is 0.0261. The summed E-state index contributed by atoms with van der Waals surface area (Å²) >= 11 is 0. The number of ether oxygens (including phenoxy) is 3. The maximum absolute atomic E-state index is 13.0. The van der Waals surface area contributed by atoms with Gasteiger partial charge in [0.05, 0.1) is 0 Å². The maximum Gasteiger partial charge on any atom is 0.306 e. The molecule has 0 radical (unpaired) electrons. The molecule has 0 saturated carbocycles. The van der Waals surface area contributed by atoms with Crippen LogP contribution in [-0.2, 0) is 28.6 Å². The molecule has 0 spiro atoms. The first-order valence-corrected chi connectivity index (χ1v) is 36.3. The Kier molecular flexibility index (Phi) is 68.1. The van der Waals surface area contributed by atoms with Crippen LogP contribution < -0.4 is 0 Å². The summed E-state index contributed by atoms with van der Waals surface area (Å²) in [5, 5.41) is 0. The number of carbonyl (C=O) groups excluding carboxylic acids is 3. The zero-order chi connectivity index (χ0) is 59.2. The highest BCUT2D eigenvalue weighted by atomic mass is 16.6. The standard InChI is InChI=1S/C76H138O6/c1-4-7-10-13-16-19-22-25-28-31-34-36-37-38-39-41-42-45-48-51-54-57-60-63-66-69-75(78)81-72-73(71-80-74(77)68-65-62-59-56-53-50-47-44-33-30-27-24-21-18-15-12-9-6-3)82-76(79)70-67-64-61-58-55-52-49-46-43-40-35-32-29-26-23-20-17-14-11-8-5-2/h7,10,16,19,25,28,32,34-36,73H,4-6,8-9,11-15,17-18,20-24,26-27,29-31,33,37-72H2,1-3H3/b10-7-,19-16-,28-25-,35-32-,36-34-. The van der Waals surface area contributed by atoms with E-state index in [1.165, 1.54) is 263 Å². The second-order valence-electron chi connectivity index (χ2n) is 24.5. The third-order valence-electron chi connectivity index (χ3n) is 16.3. The fraction of sp³-hybridized carbons (Fsp3) is 0.829. The van der Waals surface area contributed by atoms with Crippen molar-refractivity contribution in [3.8, 4) is 0 Å². The van der Waals surface area contributed by atoms with Crippen molar-refractivity contribution in [1.82, 2.24) is 0 Å². The number of carbonyl (C=O) groups is 3. The fourth-order valence-electron chi connectivity index (χ4n) is 10.8. The van der Waals surface area contributed by atoms with Crippen LogP contribution in [0.3, 0.4) is 0 Å². The minimum Gasteiger partial charge on any atom is -0.462 e. The van der Waals surface area contributed by atoms with E-state index in [0.717, 1.165) is 83.5 Å². The number of esters is 3. The zero-order valence-corrected chi connectivity index (χ0v) is 55.0. The van der Waals surface area contributed by atoms with Crippen molar-refractivity contribution < 1.29 is 28.6 Å². The number of rotatable bonds is 67. The van der Waals surface area contributed by atoms with Crippen molar-refractivity contribution in [2.24, 2.45) is 0 Å². The second-order valence-corrected chi connectivity index (χ2v) is 24.5. The molecule has 0 rings (SSSR count). The van der Waals surface area contributed by atoms with Gasteiger partial charge in [0.15, 0.2) is 6.10 Å². The van der Waals surface area contributed by atoms with Gasteiger partial charge in [-0.15, -0.1) is 0 Å². The van der Waals surface area contributed by atoms with Crippen molar-refractivity contribution in [3.63, 3.8) is 0 Å². The third kappa shape index (κ3) is 67.9. The number of hydrogen-bond donors (Lipinski definition) is 0. The van der Waals surface area contributed by atoms with E-state index in [4.69, 9.17) is 14.2 Å². The minimum atomic E-state index is -0.776. The van der Waals surface area contributed by atoms with Gasteiger partial charge in [-0.3, -0.25) is 14.4 Å². The summed E-state index contributed by atoms with van der Waals surface area (Å²) in [6.07, 6.45) is 91.0. The Morgan fingerprint density at radius 2 is 0.476 bits per heavy atom. The third-order valence-corrected chi connectivity index (χ3v) is 16.3. The lowest BCUT2D eigenvalue weighted by Crippen LogP contribution is -2.30. The number of unbranched alkanes of at least 4 members (excludes halogenated alkanes) is 46. The second kappa shape index (κ2) is 70.6. The molecule has 478 valence electrons. The van der Waals surface area contributed by atoms with Crippen LogP contribution in [0.15, 0.2) is 60.8 Å². The highest BCUT2D eigenvalue weighted by molar-refractivity contribution is 5.71. The predicted molar refractivity (Wildman–Crippen MR) is 358 cm³/mol. The average Bonchev–Trinajstić information content (AvgIpc) is 3.47. The molecule has 0 aromatic heterocycles. The van der Waals surface area contributed by atoms with Gasteiger partial charge in [0.1, 0.15) is 13.2 Å². The molecule has 6 nitrogen and oxygen atoms in total. The van der Waals surface area contributed by atoms with Crippen LogP contribution in [0.25, 0.3) is 0 Å². The summed E-state index contributed by atoms with van der Waals surface area (Å²) in [6, 6.07) is 0. The lowest BCUT2D eigenvalue weighted by atomic mass is 10.0. The molecule has 0 aromatic rings.